The summed E-state index contributed by atoms with van der Waals surface area (Å²) in [7, 11) is 1.35. The average molecular weight is 419 g/mol. The van der Waals surface area contributed by atoms with Crippen LogP contribution >= 0.6 is 0 Å². The van der Waals surface area contributed by atoms with E-state index in [4.69, 9.17) is 14.2 Å². The summed E-state index contributed by atoms with van der Waals surface area (Å²) in [4.78, 5) is 11.9. The number of ether oxygens (including phenoxy) is 3. The Morgan fingerprint density at radius 3 is 2.23 bits per heavy atom. The van der Waals surface area contributed by atoms with Gasteiger partial charge in [0.05, 0.1) is 42.3 Å². The third-order valence-electron chi connectivity index (χ3n) is 5.32. The van der Waals surface area contributed by atoms with E-state index in [2.05, 4.69) is 0 Å². The van der Waals surface area contributed by atoms with E-state index in [9.17, 15) is 9.90 Å². The van der Waals surface area contributed by atoms with Gasteiger partial charge < -0.3 is 19.3 Å². The van der Waals surface area contributed by atoms with Gasteiger partial charge in [-0.1, -0.05) is 24.3 Å². The first kappa shape index (κ1) is 20.6. The van der Waals surface area contributed by atoms with Crippen LogP contribution in [0.5, 0.6) is 17.4 Å². The Kier molecular flexibility index (Phi) is 5.46. The number of rotatable bonds is 6. The normalized spacial score (nSPS) is 11.1. The zero-order valence-corrected chi connectivity index (χ0v) is 18.1. The van der Waals surface area contributed by atoms with Gasteiger partial charge >= 0.3 is 5.97 Å². The second kappa shape index (κ2) is 8.22. The largest absolute Gasteiger partial charge is 0.494 e. The molecule has 4 rings (SSSR count). The molecule has 1 heterocycles. The Morgan fingerprint density at radius 1 is 0.968 bits per heavy atom. The summed E-state index contributed by atoms with van der Waals surface area (Å²) in [5, 5.41) is 14.5. The monoisotopic (exact) mass is 419 g/mol. The lowest BCUT2D eigenvalue weighted by Gasteiger charge is -2.14. The predicted octanol–water partition coefficient (Wildman–Crippen LogP) is 5.38. The predicted molar refractivity (Wildman–Crippen MR) is 121 cm³/mol. The third-order valence-corrected chi connectivity index (χ3v) is 5.32. The highest BCUT2D eigenvalue weighted by Crippen LogP contribution is 2.48. The molecule has 0 saturated heterocycles. The number of hydrogen-bond acceptors (Lipinski definition) is 5. The number of methoxy groups -OCH3 is 1. The average Bonchev–Trinajstić information content (AvgIpc) is 3.12. The van der Waals surface area contributed by atoms with Crippen LogP contribution < -0.4 is 9.47 Å². The minimum absolute atomic E-state index is 0.0547. The topological polar surface area (TPSA) is 69.9 Å². The number of hydrogen-bond donors (Lipinski definition) is 1. The van der Waals surface area contributed by atoms with Crippen molar-refractivity contribution in [1.29, 1.82) is 0 Å². The SMILES string of the molecule is CCOc1c2ccccc2c(OCC)c2c(O)n(-c3ccc(C(=O)OC)cc3C)cc12. The van der Waals surface area contributed by atoms with Gasteiger partial charge in [-0.05, 0) is 44.5 Å². The number of nitrogens with zero attached hydrogens (tertiary/aromatic N) is 1. The third kappa shape index (κ3) is 3.34. The number of carbonyl (C=O) groups is 1. The van der Waals surface area contributed by atoms with Gasteiger partial charge in [0.25, 0.3) is 0 Å². The van der Waals surface area contributed by atoms with Crippen molar-refractivity contribution in [3.8, 4) is 23.1 Å². The van der Waals surface area contributed by atoms with Crippen LogP contribution in [0.25, 0.3) is 27.2 Å². The molecule has 0 saturated carbocycles. The molecule has 6 nitrogen and oxygen atoms in total. The molecule has 1 N–H and O–H groups in total. The summed E-state index contributed by atoms with van der Waals surface area (Å²) in [5.74, 6) is 0.977. The van der Waals surface area contributed by atoms with E-state index in [-0.39, 0.29) is 5.88 Å². The Hall–Kier alpha value is -3.67. The van der Waals surface area contributed by atoms with Crippen LogP contribution in [0.4, 0.5) is 0 Å². The lowest BCUT2D eigenvalue weighted by molar-refractivity contribution is 0.0600. The maximum absolute atomic E-state index is 11.9. The van der Waals surface area contributed by atoms with Crippen molar-refractivity contribution in [1.82, 2.24) is 4.57 Å². The molecular formula is C25H25NO5. The molecule has 31 heavy (non-hydrogen) atoms. The van der Waals surface area contributed by atoms with E-state index in [1.54, 1.807) is 22.8 Å². The highest BCUT2D eigenvalue weighted by atomic mass is 16.5. The zero-order chi connectivity index (χ0) is 22.1. The van der Waals surface area contributed by atoms with Gasteiger partial charge in [0.15, 0.2) is 0 Å². The molecule has 0 aliphatic rings. The molecule has 0 aliphatic carbocycles. The van der Waals surface area contributed by atoms with E-state index in [0.717, 1.165) is 27.4 Å². The summed E-state index contributed by atoms with van der Waals surface area (Å²) in [6, 6.07) is 13.1. The van der Waals surface area contributed by atoms with Gasteiger partial charge in [0.1, 0.15) is 11.5 Å². The molecule has 0 spiro atoms. The fraction of sp³-hybridized carbons (Fsp3) is 0.240. The second-order valence-electron chi connectivity index (χ2n) is 7.17. The first-order chi connectivity index (χ1) is 15.0. The molecule has 3 aromatic carbocycles. The number of aromatic nitrogens is 1. The van der Waals surface area contributed by atoms with Crippen molar-refractivity contribution in [2.75, 3.05) is 20.3 Å². The molecule has 0 atom stereocenters. The second-order valence-corrected chi connectivity index (χ2v) is 7.17. The van der Waals surface area contributed by atoms with Gasteiger partial charge in [0, 0.05) is 17.0 Å². The highest BCUT2D eigenvalue weighted by Gasteiger charge is 2.23. The van der Waals surface area contributed by atoms with Gasteiger partial charge in [-0.3, -0.25) is 4.57 Å². The van der Waals surface area contributed by atoms with Crippen molar-refractivity contribution in [3.05, 3.63) is 59.8 Å². The van der Waals surface area contributed by atoms with E-state index in [1.165, 1.54) is 7.11 Å². The van der Waals surface area contributed by atoms with Crippen molar-refractivity contribution in [2.24, 2.45) is 0 Å². The molecule has 0 radical (unpaired) electrons. The van der Waals surface area contributed by atoms with Crippen LogP contribution in [0.15, 0.2) is 48.7 Å². The summed E-state index contributed by atoms with van der Waals surface area (Å²) in [5.41, 5.74) is 2.02. The van der Waals surface area contributed by atoms with Gasteiger partial charge in [-0.2, -0.15) is 0 Å². The number of carbonyl (C=O) groups excluding carboxylic acids is 1. The number of benzene rings is 3. The molecule has 6 heteroatoms. The van der Waals surface area contributed by atoms with Crippen molar-refractivity contribution in [3.63, 3.8) is 0 Å². The van der Waals surface area contributed by atoms with Crippen LogP contribution in [0.2, 0.25) is 0 Å². The summed E-state index contributed by atoms with van der Waals surface area (Å²) < 4.78 is 18.5. The number of fused-ring (bicyclic) bond motifs is 2. The van der Waals surface area contributed by atoms with Crippen molar-refractivity contribution >= 4 is 27.5 Å². The molecular weight excluding hydrogens is 394 g/mol. The number of aryl methyl sites for hydroxylation is 1. The van der Waals surface area contributed by atoms with E-state index in [0.29, 0.717) is 35.7 Å². The number of esters is 1. The van der Waals surface area contributed by atoms with Crippen LogP contribution in [0.3, 0.4) is 0 Å². The minimum atomic E-state index is -0.403. The van der Waals surface area contributed by atoms with E-state index in [1.807, 2.05) is 51.2 Å². The molecule has 1 aromatic heterocycles. The molecule has 0 unspecified atom stereocenters. The zero-order valence-electron chi connectivity index (χ0n) is 18.1. The lowest BCUT2D eigenvalue weighted by atomic mass is 10.0. The van der Waals surface area contributed by atoms with Crippen LogP contribution in [-0.4, -0.2) is 36.0 Å². The first-order valence-corrected chi connectivity index (χ1v) is 10.2. The molecule has 0 bridgehead atoms. The lowest BCUT2D eigenvalue weighted by Crippen LogP contribution is -2.03. The Morgan fingerprint density at radius 2 is 1.61 bits per heavy atom. The quantitative estimate of drug-likeness (QED) is 0.425. The van der Waals surface area contributed by atoms with Gasteiger partial charge in [-0.15, -0.1) is 0 Å². The fourth-order valence-corrected chi connectivity index (χ4v) is 4.00. The summed E-state index contributed by atoms with van der Waals surface area (Å²) in [6.07, 6.45) is 1.85. The Bertz CT molecular complexity index is 1290. The number of aromatic hydroxyl groups is 1. The van der Waals surface area contributed by atoms with E-state index < -0.39 is 5.97 Å². The molecule has 0 aliphatic heterocycles. The Labute approximate surface area is 180 Å². The van der Waals surface area contributed by atoms with Crippen molar-refractivity contribution < 1.29 is 24.1 Å². The van der Waals surface area contributed by atoms with Crippen LogP contribution in [0.1, 0.15) is 29.8 Å². The van der Waals surface area contributed by atoms with Crippen LogP contribution in [0, 0.1) is 6.92 Å². The summed E-state index contributed by atoms with van der Waals surface area (Å²) in [6.45, 7) is 6.69. The van der Waals surface area contributed by atoms with Crippen LogP contribution in [-0.2, 0) is 4.74 Å². The Balaban J connectivity index is 2.05. The van der Waals surface area contributed by atoms with Crippen molar-refractivity contribution in [2.45, 2.75) is 20.8 Å². The molecule has 160 valence electrons. The molecule has 0 fully saturated rings. The maximum Gasteiger partial charge on any atom is 0.337 e. The standard InChI is InChI=1S/C25H25NO5/c1-5-30-22-17-9-7-8-10-18(17)23(31-6-2)21-19(22)14-26(24(21)27)20-12-11-16(13-15(20)3)25(28)29-4/h7-14,27H,5-6H2,1-4H3. The van der Waals surface area contributed by atoms with E-state index >= 15 is 0 Å². The molecule has 0 amide bonds. The fourth-order valence-electron chi connectivity index (χ4n) is 4.00. The summed E-state index contributed by atoms with van der Waals surface area (Å²) >= 11 is 0. The smallest absolute Gasteiger partial charge is 0.337 e. The maximum atomic E-state index is 11.9. The minimum Gasteiger partial charge on any atom is -0.494 e. The highest BCUT2D eigenvalue weighted by molar-refractivity contribution is 6.13. The molecule has 4 aromatic rings. The first-order valence-electron chi connectivity index (χ1n) is 10.2. The van der Waals surface area contributed by atoms with Gasteiger partial charge in [-0.25, -0.2) is 4.79 Å². The van der Waals surface area contributed by atoms with Gasteiger partial charge in [0.2, 0.25) is 5.88 Å².